The number of halogens is 1. The minimum Gasteiger partial charge on any atom is -0.457 e. The summed E-state index contributed by atoms with van der Waals surface area (Å²) >= 11 is 0. The predicted molar refractivity (Wildman–Crippen MR) is 108 cm³/mol. The van der Waals surface area contributed by atoms with Gasteiger partial charge in [0.05, 0.1) is 5.92 Å². The Hall–Kier alpha value is -3.31. The van der Waals surface area contributed by atoms with E-state index in [0.29, 0.717) is 17.1 Å². The van der Waals surface area contributed by atoms with Crippen molar-refractivity contribution in [1.29, 1.82) is 5.26 Å². The van der Waals surface area contributed by atoms with E-state index >= 15 is 0 Å². The third kappa shape index (κ3) is 6.09. The molecule has 0 radical (unpaired) electrons. The van der Waals surface area contributed by atoms with Crippen molar-refractivity contribution in [1.82, 2.24) is 0 Å². The fourth-order valence-electron chi connectivity index (χ4n) is 3.11. The number of carbonyl (C=O) groups excluding carboxylic acids is 1. The van der Waals surface area contributed by atoms with E-state index in [0.717, 1.165) is 0 Å². The molecule has 4 nitrogen and oxygen atoms in total. The highest BCUT2D eigenvalue weighted by atomic mass is 19.1. The molecule has 0 spiro atoms. The summed E-state index contributed by atoms with van der Waals surface area (Å²) in [5, 5.41) is 9.56. The van der Waals surface area contributed by atoms with Crippen molar-refractivity contribution in [2.45, 2.75) is 33.8 Å². The summed E-state index contributed by atoms with van der Waals surface area (Å²) in [6.45, 7) is 7.46. The first-order chi connectivity index (χ1) is 13.8. The van der Waals surface area contributed by atoms with Gasteiger partial charge in [0, 0.05) is 11.5 Å². The highest BCUT2D eigenvalue weighted by Gasteiger charge is 2.31. The third-order valence-electron chi connectivity index (χ3n) is 4.46. The van der Waals surface area contributed by atoms with Gasteiger partial charge in [0.15, 0.2) is 0 Å². The Labute approximate surface area is 171 Å². The van der Waals surface area contributed by atoms with Crippen LogP contribution < -0.4 is 4.74 Å². The molecule has 3 atom stereocenters. The topological polar surface area (TPSA) is 59.3 Å². The zero-order valence-corrected chi connectivity index (χ0v) is 17.0. The van der Waals surface area contributed by atoms with Crippen molar-refractivity contribution < 1.29 is 18.7 Å². The first-order valence-corrected chi connectivity index (χ1v) is 9.41. The SMILES string of the molecule is CC#CC(C)C(C(=O)OC(C#N)c1cccc(Oc2ccc(F)cc2)c1)C(C)C. The van der Waals surface area contributed by atoms with Crippen LogP contribution in [0, 0.1) is 46.7 Å². The van der Waals surface area contributed by atoms with Crippen LogP contribution in [-0.4, -0.2) is 5.97 Å². The highest BCUT2D eigenvalue weighted by molar-refractivity contribution is 5.74. The normalized spacial score (nSPS) is 13.4. The summed E-state index contributed by atoms with van der Waals surface area (Å²) in [6, 6.07) is 14.4. The third-order valence-corrected chi connectivity index (χ3v) is 4.46. The van der Waals surface area contributed by atoms with E-state index in [1.54, 1.807) is 31.2 Å². The minimum absolute atomic E-state index is 0.0193. The first-order valence-electron chi connectivity index (χ1n) is 9.41. The van der Waals surface area contributed by atoms with Crippen LogP contribution in [0.3, 0.4) is 0 Å². The quantitative estimate of drug-likeness (QED) is 0.450. The number of hydrogen-bond acceptors (Lipinski definition) is 4. The van der Waals surface area contributed by atoms with Gasteiger partial charge in [-0.3, -0.25) is 4.79 Å². The molecule has 2 rings (SSSR count). The lowest BCUT2D eigenvalue weighted by Gasteiger charge is -2.24. The molecule has 0 amide bonds. The van der Waals surface area contributed by atoms with Crippen LogP contribution in [0.2, 0.25) is 0 Å². The van der Waals surface area contributed by atoms with Crippen molar-refractivity contribution >= 4 is 5.97 Å². The van der Waals surface area contributed by atoms with Crippen LogP contribution in [0.5, 0.6) is 11.5 Å². The zero-order chi connectivity index (χ0) is 21.4. The molecule has 0 heterocycles. The summed E-state index contributed by atoms with van der Waals surface area (Å²) in [6.07, 6.45) is -1.07. The molecule has 0 aliphatic rings. The van der Waals surface area contributed by atoms with Crippen LogP contribution in [0.15, 0.2) is 48.5 Å². The summed E-state index contributed by atoms with van der Waals surface area (Å²) in [4.78, 5) is 12.7. The van der Waals surface area contributed by atoms with Crippen LogP contribution in [0.4, 0.5) is 4.39 Å². The molecule has 0 bridgehead atoms. The lowest BCUT2D eigenvalue weighted by atomic mass is 9.85. The molecule has 29 heavy (non-hydrogen) atoms. The van der Waals surface area contributed by atoms with Crippen LogP contribution >= 0.6 is 0 Å². The van der Waals surface area contributed by atoms with E-state index in [1.165, 1.54) is 24.3 Å². The lowest BCUT2D eigenvalue weighted by molar-refractivity contribution is -0.154. The van der Waals surface area contributed by atoms with Gasteiger partial charge in [0.2, 0.25) is 6.10 Å². The van der Waals surface area contributed by atoms with E-state index in [2.05, 4.69) is 11.8 Å². The number of nitriles is 1. The Bertz CT molecular complexity index is 935. The number of rotatable bonds is 7. The molecule has 0 aromatic heterocycles. The average Bonchev–Trinajstić information content (AvgIpc) is 2.68. The van der Waals surface area contributed by atoms with Crippen LogP contribution in [0.1, 0.15) is 39.4 Å². The van der Waals surface area contributed by atoms with Gasteiger partial charge in [-0.1, -0.05) is 38.8 Å². The van der Waals surface area contributed by atoms with E-state index in [-0.39, 0.29) is 17.7 Å². The lowest BCUT2D eigenvalue weighted by Crippen LogP contribution is -2.29. The molecular formula is C24H24FNO3. The Morgan fingerprint density at radius 3 is 2.34 bits per heavy atom. The maximum Gasteiger partial charge on any atom is 0.312 e. The maximum atomic E-state index is 13.0. The van der Waals surface area contributed by atoms with Gasteiger partial charge in [-0.05, 0) is 49.2 Å². The van der Waals surface area contributed by atoms with Crippen molar-refractivity contribution in [2.24, 2.45) is 17.8 Å². The smallest absolute Gasteiger partial charge is 0.312 e. The van der Waals surface area contributed by atoms with E-state index in [9.17, 15) is 14.4 Å². The summed E-state index contributed by atoms with van der Waals surface area (Å²) in [5.74, 6) is 5.34. The van der Waals surface area contributed by atoms with Crippen LogP contribution in [0.25, 0.3) is 0 Å². The Balaban J connectivity index is 2.18. The number of carbonyl (C=O) groups is 1. The monoisotopic (exact) mass is 393 g/mol. The molecule has 2 aromatic rings. The van der Waals surface area contributed by atoms with Gasteiger partial charge in [-0.15, -0.1) is 5.92 Å². The molecule has 3 unspecified atom stereocenters. The van der Waals surface area contributed by atoms with E-state index < -0.39 is 18.0 Å². The standard InChI is InChI=1S/C24H24FNO3/c1-5-7-17(4)23(16(2)3)24(27)29-22(15-26)18-8-6-9-21(14-18)28-20-12-10-19(25)11-13-20/h6,8-14,16-17,22-23H,1-4H3. The number of nitrogens with zero attached hydrogens (tertiary/aromatic N) is 1. The molecule has 2 aromatic carbocycles. The first kappa shape index (κ1) is 22.0. The zero-order valence-electron chi connectivity index (χ0n) is 17.0. The molecule has 0 N–H and O–H groups in total. The van der Waals surface area contributed by atoms with E-state index in [1.807, 2.05) is 26.8 Å². The Morgan fingerprint density at radius 2 is 1.76 bits per heavy atom. The second-order valence-corrected chi connectivity index (χ2v) is 7.03. The molecule has 150 valence electrons. The Morgan fingerprint density at radius 1 is 1.07 bits per heavy atom. The van der Waals surface area contributed by atoms with Gasteiger partial charge >= 0.3 is 5.97 Å². The maximum absolute atomic E-state index is 13.0. The van der Waals surface area contributed by atoms with Gasteiger partial charge in [-0.2, -0.15) is 5.26 Å². The summed E-state index contributed by atoms with van der Waals surface area (Å²) < 4.78 is 24.3. The molecule has 0 saturated heterocycles. The fraction of sp³-hybridized carbons (Fsp3) is 0.333. The molecule has 0 aliphatic heterocycles. The minimum atomic E-state index is -1.07. The van der Waals surface area contributed by atoms with Gasteiger partial charge in [0.1, 0.15) is 23.4 Å². The van der Waals surface area contributed by atoms with Crippen molar-refractivity contribution in [3.05, 3.63) is 59.9 Å². The molecule has 0 saturated carbocycles. The number of benzene rings is 2. The molecule has 5 heteroatoms. The highest BCUT2D eigenvalue weighted by Crippen LogP contribution is 2.29. The molecule has 0 fully saturated rings. The number of hydrogen-bond donors (Lipinski definition) is 0. The van der Waals surface area contributed by atoms with E-state index in [4.69, 9.17) is 9.47 Å². The number of esters is 1. The van der Waals surface area contributed by atoms with Gasteiger partial charge in [0.25, 0.3) is 0 Å². The largest absolute Gasteiger partial charge is 0.457 e. The van der Waals surface area contributed by atoms with Crippen molar-refractivity contribution in [3.8, 4) is 29.4 Å². The fourth-order valence-corrected chi connectivity index (χ4v) is 3.11. The molecule has 0 aliphatic carbocycles. The second-order valence-electron chi connectivity index (χ2n) is 7.03. The van der Waals surface area contributed by atoms with Gasteiger partial charge in [-0.25, -0.2) is 4.39 Å². The van der Waals surface area contributed by atoms with Gasteiger partial charge < -0.3 is 9.47 Å². The average molecular weight is 393 g/mol. The summed E-state index contributed by atoms with van der Waals surface area (Å²) in [5.41, 5.74) is 0.497. The van der Waals surface area contributed by atoms with Crippen molar-refractivity contribution in [2.75, 3.05) is 0 Å². The van der Waals surface area contributed by atoms with Crippen molar-refractivity contribution in [3.63, 3.8) is 0 Å². The predicted octanol–water partition coefficient (Wildman–Crippen LogP) is 5.66. The second kappa shape index (κ2) is 10.3. The summed E-state index contributed by atoms with van der Waals surface area (Å²) in [7, 11) is 0. The Kier molecular flexibility index (Phi) is 7.80. The number of ether oxygens (including phenoxy) is 2. The van der Waals surface area contributed by atoms with Crippen LogP contribution in [-0.2, 0) is 9.53 Å². The molecular weight excluding hydrogens is 369 g/mol.